The highest BCUT2D eigenvalue weighted by Gasteiger charge is 2.31. The van der Waals surface area contributed by atoms with Gasteiger partial charge in [0.15, 0.2) is 0 Å². The second kappa shape index (κ2) is 4.92. The van der Waals surface area contributed by atoms with E-state index >= 15 is 0 Å². The summed E-state index contributed by atoms with van der Waals surface area (Å²) in [5.41, 5.74) is 4.79. The van der Waals surface area contributed by atoms with Gasteiger partial charge in [-0.1, -0.05) is 0 Å². The van der Waals surface area contributed by atoms with Crippen molar-refractivity contribution in [3.63, 3.8) is 0 Å². The summed E-state index contributed by atoms with van der Waals surface area (Å²) >= 11 is 0. The van der Waals surface area contributed by atoms with E-state index in [1.165, 1.54) is 7.11 Å². The summed E-state index contributed by atoms with van der Waals surface area (Å²) in [6, 6.07) is 0. The Morgan fingerprint density at radius 2 is 2.13 bits per heavy atom. The topological polar surface area (TPSA) is 75.8 Å². The van der Waals surface area contributed by atoms with Gasteiger partial charge in [-0.05, 0) is 19.8 Å². The third-order valence-corrected chi connectivity index (χ3v) is 2.93. The lowest BCUT2D eigenvalue weighted by Gasteiger charge is -2.36. The van der Waals surface area contributed by atoms with Crippen LogP contribution in [0.1, 0.15) is 19.8 Å². The molecule has 3 N–H and O–H groups in total. The Hall–Kier alpha value is -0.650. The van der Waals surface area contributed by atoms with E-state index < -0.39 is 11.7 Å². The number of amides is 1. The number of hydrogen-bond donors (Lipinski definition) is 2. The van der Waals surface area contributed by atoms with Crippen LogP contribution in [-0.2, 0) is 9.53 Å². The molecule has 0 aromatic heterocycles. The minimum absolute atomic E-state index is 0.0736. The lowest BCUT2D eigenvalue weighted by molar-refractivity contribution is -0.145. The van der Waals surface area contributed by atoms with E-state index in [9.17, 15) is 9.90 Å². The average Bonchev–Trinajstić information content (AvgIpc) is 2.19. The van der Waals surface area contributed by atoms with Crippen LogP contribution in [0, 0.1) is 0 Å². The highest BCUT2D eigenvalue weighted by Crippen LogP contribution is 2.21. The first-order chi connectivity index (χ1) is 7.00. The van der Waals surface area contributed by atoms with Crippen LogP contribution >= 0.6 is 0 Å². The number of rotatable bonds is 3. The molecule has 1 fully saturated rings. The smallest absolute Gasteiger partial charge is 0.253 e. The van der Waals surface area contributed by atoms with E-state index in [-0.39, 0.29) is 12.5 Å². The zero-order chi connectivity index (χ0) is 11.5. The third kappa shape index (κ3) is 3.15. The fraction of sp³-hybridized carbons (Fsp3) is 0.900. The van der Waals surface area contributed by atoms with E-state index in [1.807, 2.05) is 0 Å². The van der Waals surface area contributed by atoms with Gasteiger partial charge in [0.1, 0.15) is 6.10 Å². The van der Waals surface area contributed by atoms with Gasteiger partial charge >= 0.3 is 0 Å². The van der Waals surface area contributed by atoms with Gasteiger partial charge in [-0.15, -0.1) is 0 Å². The van der Waals surface area contributed by atoms with Crippen molar-refractivity contribution < 1.29 is 14.6 Å². The van der Waals surface area contributed by atoms with Crippen molar-refractivity contribution in [2.24, 2.45) is 5.73 Å². The summed E-state index contributed by atoms with van der Waals surface area (Å²) in [4.78, 5) is 13.5. The minimum Gasteiger partial charge on any atom is -0.390 e. The molecule has 15 heavy (non-hydrogen) atoms. The number of carbonyl (C=O) groups is 1. The number of piperidine rings is 1. The van der Waals surface area contributed by atoms with Crippen LogP contribution in [0.25, 0.3) is 0 Å². The lowest BCUT2D eigenvalue weighted by atomic mass is 9.93. The molecule has 1 aliphatic heterocycles. The molecule has 1 rings (SSSR count). The maximum absolute atomic E-state index is 11.8. The Labute approximate surface area is 90.2 Å². The molecule has 1 unspecified atom stereocenters. The van der Waals surface area contributed by atoms with Crippen molar-refractivity contribution in [2.45, 2.75) is 31.5 Å². The first-order valence-corrected chi connectivity index (χ1v) is 5.24. The van der Waals surface area contributed by atoms with Gasteiger partial charge in [0, 0.05) is 26.7 Å². The summed E-state index contributed by atoms with van der Waals surface area (Å²) in [5, 5.41) is 9.73. The molecule has 5 nitrogen and oxygen atoms in total. The predicted molar refractivity (Wildman–Crippen MR) is 56.3 cm³/mol. The normalized spacial score (nSPS) is 22.5. The number of hydrogen-bond acceptors (Lipinski definition) is 4. The molecule has 1 atom stereocenters. The van der Waals surface area contributed by atoms with Crippen molar-refractivity contribution in [3.8, 4) is 0 Å². The van der Waals surface area contributed by atoms with E-state index in [0.29, 0.717) is 25.9 Å². The molecule has 0 bridgehead atoms. The van der Waals surface area contributed by atoms with Crippen molar-refractivity contribution in [1.29, 1.82) is 0 Å². The number of ether oxygens (including phenoxy) is 1. The Morgan fingerprint density at radius 3 is 2.53 bits per heavy atom. The van der Waals surface area contributed by atoms with Gasteiger partial charge in [-0.3, -0.25) is 4.79 Å². The summed E-state index contributed by atoms with van der Waals surface area (Å²) in [5.74, 6) is -0.0736. The maximum atomic E-state index is 11.8. The fourth-order valence-corrected chi connectivity index (χ4v) is 1.71. The van der Waals surface area contributed by atoms with E-state index in [1.54, 1.807) is 11.8 Å². The number of nitrogens with two attached hydrogens (primary N) is 1. The molecule has 0 radical (unpaired) electrons. The van der Waals surface area contributed by atoms with Crippen LogP contribution < -0.4 is 5.73 Å². The quantitative estimate of drug-likeness (QED) is 0.656. The minimum atomic E-state index is -0.637. The van der Waals surface area contributed by atoms with Gasteiger partial charge in [-0.25, -0.2) is 0 Å². The first kappa shape index (κ1) is 12.4. The number of nitrogens with zero attached hydrogens (tertiary/aromatic N) is 1. The van der Waals surface area contributed by atoms with Crippen LogP contribution in [0.4, 0.5) is 0 Å². The van der Waals surface area contributed by atoms with Crippen LogP contribution in [0.5, 0.6) is 0 Å². The second-order valence-electron chi connectivity index (χ2n) is 4.28. The molecule has 0 aromatic carbocycles. The van der Waals surface area contributed by atoms with Crippen LogP contribution in [0.15, 0.2) is 0 Å². The average molecular weight is 216 g/mol. The van der Waals surface area contributed by atoms with Gasteiger partial charge in [0.2, 0.25) is 0 Å². The Bertz CT molecular complexity index is 217. The maximum Gasteiger partial charge on any atom is 0.253 e. The van der Waals surface area contributed by atoms with E-state index in [0.717, 1.165) is 0 Å². The molecule has 5 heteroatoms. The zero-order valence-electron chi connectivity index (χ0n) is 9.40. The molecule has 0 saturated carbocycles. The molecule has 1 heterocycles. The molecule has 0 spiro atoms. The number of likely N-dealkylation sites (tertiary alicyclic amines) is 1. The van der Waals surface area contributed by atoms with Crippen molar-refractivity contribution in [1.82, 2.24) is 4.90 Å². The Kier molecular flexibility index (Phi) is 4.07. The highest BCUT2D eigenvalue weighted by atomic mass is 16.5. The van der Waals surface area contributed by atoms with Gasteiger partial charge < -0.3 is 20.5 Å². The summed E-state index contributed by atoms with van der Waals surface area (Å²) in [7, 11) is 1.48. The first-order valence-electron chi connectivity index (χ1n) is 5.24. The molecular formula is C10H20N2O3. The van der Waals surface area contributed by atoms with E-state index in [4.69, 9.17) is 10.5 Å². The van der Waals surface area contributed by atoms with Crippen molar-refractivity contribution in [2.75, 3.05) is 26.7 Å². The summed E-state index contributed by atoms with van der Waals surface area (Å²) in [6.45, 7) is 3.14. The van der Waals surface area contributed by atoms with Gasteiger partial charge in [0.05, 0.1) is 5.60 Å². The highest BCUT2D eigenvalue weighted by molar-refractivity contribution is 5.81. The van der Waals surface area contributed by atoms with Crippen molar-refractivity contribution in [3.05, 3.63) is 0 Å². The Balaban J connectivity index is 2.49. The molecule has 0 aliphatic carbocycles. The van der Waals surface area contributed by atoms with Crippen LogP contribution in [-0.4, -0.2) is 54.4 Å². The van der Waals surface area contributed by atoms with Crippen LogP contribution in [0.2, 0.25) is 0 Å². The molecular weight excluding hydrogens is 196 g/mol. The third-order valence-electron chi connectivity index (χ3n) is 2.93. The summed E-state index contributed by atoms with van der Waals surface area (Å²) in [6.07, 6.45) is 0.674. The van der Waals surface area contributed by atoms with E-state index in [2.05, 4.69) is 0 Å². The summed E-state index contributed by atoms with van der Waals surface area (Å²) < 4.78 is 4.99. The lowest BCUT2D eigenvalue weighted by Crippen LogP contribution is -2.50. The molecule has 0 aromatic rings. The number of carbonyl (C=O) groups excluding carboxylic acids is 1. The largest absolute Gasteiger partial charge is 0.390 e. The monoisotopic (exact) mass is 216 g/mol. The Morgan fingerprint density at radius 1 is 1.60 bits per heavy atom. The molecule has 1 amide bonds. The number of methoxy groups -OCH3 is 1. The van der Waals surface area contributed by atoms with Gasteiger partial charge in [-0.2, -0.15) is 0 Å². The van der Waals surface area contributed by atoms with Crippen LogP contribution in [0.3, 0.4) is 0 Å². The standard InChI is InChI=1S/C10H20N2O3/c1-10(14)3-5-12(6-4-10)9(13)8(7-11)15-2/h8,14H,3-7,11H2,1-2H3. The predicted octanol–water partition coefficient (Wildman–Crippen LogP) is -0.666. The number of aliphatic hydroxyl groups is 1. The van der Waals surface area contributed by atoms with Gasteiger partial charge in [0.25, 0.3) is 5.91 Å². The molecule has 1 saturated heterocycles. The molecule has 1 aliphatic rings. The zero-order valence-corrected chi connectivity index (χ0v) is 9.40. The SMILES string of the molecule is COC(CN)C(=O)N1CCC(C)(O)CC1. The fourth-order valence-electron chi connectivity index (χ4n) is 1.71. The van der Waals surface area contributed by atoms with Crippen molar-refractivity contribution >= 4 is 5.91 Å². The second-order valence-corrected chi connectivity index (χ2v) is 4.28. The molecule has 88 valence electrons.